The standard InChI is InChI=1S/C14H25NO2/c1-11(16)12-6-9-15(10-12)13(17)14(2)7-4-3-5-8-14/h11-12,16H,3-10H2,1-2H3. The van der Waals surface area contributed by atoms with Crippen molar-refractivity contribution in [2.45, 2.75) is 58.5 Å². The number of likely N-dealkylation sites (tertiary alicyclic amines) is 1. The van der Waals surface area contributed by atoms with Crippen LogP contribution in [0.1, 0.15) is 52.4 Å². The summed E-state index contributed by atoms with van der Waals surface area (Å²) in [6.45, 7) is 5.56. The predicted octanol–water partition coefficient (Wildman–Crippen LogP) is 2.19. The van der Waals surface area contributed by atoms with Gasteiger partial charge in [0.2, 0.25) is 5.91 Å². The Morgan fingerprint density at radius 3 is 2.53 bits per heavy atom. The Hall–Kier alpha value is -0.570. The lowest BCUT2D eigenvalue weighted by Gasteiger charge is -2.35. The normalized spacial score (nSPS) is 30.3. The Morgan fingerprint density at radius 2 is 2.00 bits per heavy atom. The van der Waals surface area contributed by atoms with Crippen molar-refractivity contribution >= 4 is 5.91 Å². The van der Waals surface area contributed by atoms with Crippen LogP contribution in [-0.4, -0.2) is 35.1 Å². The van der Waals surface area contributed by atoms with Gasteiger partial charge in [0.15, 0.2) is 0 Å². The van der Waals surface area contributed by atoms with Gasteiger partial charge < -0.3 is 10.0 Å². The molecule has 3 heteroatoms. The van der Waals surface area contributed by atoms with Crippen molar-refractivity contribution in [3.63, 3.8) is 0 Å². The van der Waals surface area contributed by atoms with Crippen LogP contribution in [0.15, 0.2) is 0 Å². The van der Waals surface area contributed by atoms with E-state index in [0.29, 0.717) is 5.91 Å². The van der Waals surface area contributed by atoms with Crippen molar-refractivity contribution in [1.29, 1.82) is 0 Å². The zero-order valence-corrected chi connectivity index (χ0v) is 11.1. The molecule has 1 aliphatic heterocycles. The van der Waals surface area contributed by atoms with Crippen molar-refractivity contribution in [2.75, 3.05) is 13.1 Å². The fraction of sp³-hybridized carbons (Fsp3) is 0.929. The van der Waals surface area contributed by atoms with E-state index in [1.54, 1.807) is 0 Å². The van der Waals surface area contributed by atoms with Crippen molar-refractivity contribution in [1.82, 2.24) is 4.90 Å². The summed E-state index contributed by atoms with van der Waals surface area (Å²) >= 11 is 0. The van der Waals surface area contributed by atoms with E-state index in [0.717, 1.165) is 32.4 Å². The molecule has 0 aromatic heterocycles. The maximum absolute atomic E-state index is 12.5. The Morgan fingerprint density at radius 1 is 1.35 bits per heavy atom. The number of aliphatic hydroxyl groups excluding tert-OH is 1. The summed E-state index contributed by atoms with van der Waals surface area (Å²) in [5.74, 6) is 0.617. The number of nitrogens with zero attached hydrogens (tertiary/aromatic N) is 1. The van der Waals surface area contributed by atoms with Crippen LogP contribution in [0.4, 0.5) is 0 Å². The second kappa shape index (κ2) is 4.97. The van der Waals surface area contributed by atoms with Gasteiger partial charge in [-0.05, 0) is 26.2 Å². The fourth-order valence-electron chi connectivity index (χ4n) is 3.29. The zero-order valence-electron chi connectivity index (χ0n) is 11.1. The first-order valence-electron chi connectivity index (χ1n) is 7.00. The summed E-state index contributed by atoms with van der Waals surface area (Å²) in [6.07, 6.45) is 6.42. The predicted molar refractivity (Wildman–Crippen MR) is 67.6 cm³/mol. The van der Waals surface area contributed by atoms with E-state index in [-0.39, 0.29) is 17.4 Å². The quantitative estimate of drug-likeness (QED) is 0.802. The van der Waals surface area contributed by atoms with E-state index < -0.39 is 0 Å². The summed E-state index contributed by atoms with van der Waals surface area (Å²) < 4.78 is 0. The van der Waals surface area contributed by atoms with Crippen LogP contribution in [0.5, 0.6) is 0 Å². The highest BCUT2D eigenvalue weighted by atomic mass is 16.3. The molecule has 2 atom stereocenters. The molecule has 2 aliphatic rings. The minimum atomic E-state index is -0.285. The highest BCUT2D eigenvalue weighted by molar-refractivity contribution is 5.82. The molecule has 17 heavy (non-hydrogen) atoms. The highest BCUT2D eigenvalue weighted by Crippen LogP contribution is 2.38. The molecule has 0 bridgehead atoms. The number of aliphatic hydroxyl groups is 1. The molecular formula is C14H25NO2. The molecule has 1 aliphatic carbocycles. The summed E-state index contributed by atoms with van der Waals surface area (Å²) in [6, 6.07) is 0. The molecule has 1 saturated heterocycles. The van der Waals surface area contributed by atoms with Crippen molar-refractivity contribution in [3.05, 3.63) is 0 Å². The van der Waals surface area contributed by atoms with E-state index in [4.69, 9.17) is 0 Å². The van der Waals surface area contributed by atoms with Crippen LogP contribution in [0.2, 0.25) is 0 Å². The minimum Gasteiger partial charge on any atom is -0.393 e. The molecule has 3 nitrogen and oxygen atoms in total. The van der Waals surface area contributed by atoms with Crippen molar-refractivity contribution in [2.24, 2.45) is 11.3 Å². The maximum Gasteiger partial charge on any atom is 0.228 e. The molecule has 2 fully saturated rings. The molecule has 0 spiro atoms. The van der Waals surface area contributed by atoms with Crippen molar-refractivity contribution in [3.8, 4) is 0 Å². The first-order valence-corrected chi connectivity index (χ1v) is 7.00. The number of carbonyl (C=O) groups is 1. The summed E-state index contributed by atoms with van der Waals surface area (Å²) in [7, 11) is 0. The van der Waals surface area contributed by atoms with E-state index in [1.807, 2.05) is 11.8 Å². The third kappa shape index (κ3) is 2.65. The lowest BCUT2D eigenvalue weighted by Crippen LogP contribution is -2.42. The lowest BCUT2D eigenvalue weighted by atomic mass is 9.74. The third-order valence-electron chi connectivity index (χ3n) is 4.67. The van der Waals surface area contributed by atoms with Gasteiger partial charge in [0.25, 0.3) is 0 Å². The number of rotatable bonds is 2. The van der Waals surface area contributed by atoms with Crippen LogP contribution >= 0.6 is 0 Å². The van der Waals surface area contributed by atoms with Gasteiger partial charge in [0, 0.05) is 24.4 Å². The smallest absolute Gasteiger partial charge is 0.228 e. The molecule has 2 unspecified atom stereocenters. The topological polar surface area (TPSA) is 40.5 Å². The summed E-state index contributed by atoms with van der Waals surface area (Å²) in [4.78, 5) is 14.5. The van der Waals surface area contributed by atoms with Crippen molar-refractivity contribution < 1.29 is 9.90 Å². The van der Waals surface area contributed by atoms with E-state index in [9.17, 15) is 9.90 Å². The number of hydrogen-bond donors (Lipinski definition) is 1. The minimum absolute atomic E-state index is 0.119. The van der Waals surface area contributed by atoms with E-state index in [2.05, 4.69) is 6.92 Å². The first kappa shape index (κ1) is 12.9. The van der Waals surface area contributed by atoms with E-state index in [1.165, 1.54) is 19.3 Å². The average molecular weight is 239 g/mol. The first-order chi connectivity index (χ1) is 8.03. The Balaban J connectivity index is 1.96. The molecule has 1 amide bonds. The van der Waals surface area contributed by atoms with Crippen LogP contribution in [0.25, 0.3) is 0 Å². The number of carbonyl (C=O) groups excluding carboxylic acids is 1. The zero-order chi connectivity index (χ0) is 12.5. The Bertz CT molecular complexity index is 282. The van der Waals surface area contributed by atoms with Gasteiger partial charge in [-0.2, -0.15) is 0 Å². The van der Waals surface area contributed by atoms with Gasteiger partial charge in [-0.1, -0.05) is 26.2 Å². The van der Waals surface area contributed by atoms with Gasteiger partial charge in [0.05, 0.1) is 6.10 Å². The average Bonchev–Trinajstić information content (AvgIpc) is 2.78. The SMILES string of the molecule is CC(O)C1CCN(C(=O)C2(C)CCCCC2)C1. The monoisotopic (exact) mass is 239 g/mol. The molecule has 98 valence electrons. The van der Waals surface area contributed by atoms with Gasteiger partial charge in [-0.15, -0.1) is 0 Å². The fourth-order valence-corrected chi connectivity index (χ4v) is 3.29. The second-order valence-corrected chi connectivity index (χ2v) is 6.16. The van der Waals surface area contributed by atoms with Gasteiger partial charge in [-0.3, -0.25) is 4.79 Å². The molecular weight excluding hydrogens is 214 g/mol. The van der Waals surface area contributed by atoms with Gasteiger partial charge >= 0.3 is 0 Å². The maximum atomic E-state index is 12.5. The third-order valence-corrected chi connectivity index (χ3v) is 4.67. The highest BCUT2D eigenvalue weighted by Gasteiger charge is 2.40. The van der Waals surface area contributed by atoms with Crippen LogP contribution in [0.3, 0.4) is 0 Å². The van der Waals surface area contributed by atoms with Crippen LogP contribution < -0.4 is 0 Å². The van der Waals surface area contributed by atoms with Crippen LogP contribution in [0, 0.1) is 11.3 Å². The number of amides is 1. The molecule has 1 saturated carbocycles. The molecule has 0 aromatic carbocycles. The van der Waals surface area contributed by atoms with Gasteiger partial charge in [-0.25, -0.2) is 0 Å². The molecule has 1 N–H and O–H groups in total. The largest absolute Gasteiger partial charge is 0.393 e. The molecule has 0 radical (unpaired) electrons. The Kier molecular flexibility index (Phi) is 3.76. The molecule has 2 rings (SSSR count). The summed E-state index contributed by atoms with van der Waals surface area (Å²) in [5.41, 5.74) is -0.119. The molecule has 1 heterocycles. The number of hydrogen-bond acceptors (Lipinski definition) is 2. The lowest BCUT2D eigenvalue weighted by molar-refractivity contribution is -0.142. The van der Waals surface area contributed by atoms with E-state index >= 15 is 0 Å². The summed E-state index contributed by atoms with van der Waals surface area (Å²) in [5, 5.41) is 9.59. The second-order valence-electron chi connectivity index (χ2n) is 6.16. The Labute approximate surface area is 104 Å². The van der Waals surface area contributed by atoms with Crippen LogP contribution in [-0.2, 0) is 4.79 Å². The molecule has 0 aromatic rings. The van der Waals surface area contributed by atoms with Gasteiger partial charge in [0.1, 0.15) is 0 Å².